The number of piperazine rings is 1. The number of aromatic nitrogens is 3. The smallest absolute Gasteiger partial charge is 0.387 e. The number of ether oxygens (including phenoxy) is 1. The second-order valence-electron chi connectivity index (χ2n) is 7.53. The summed E-state index contributed by atoms with van der Waals surface area (Å²) in [7, 11) is 0. The van der Waals surface area contributed by atoms with Gasteiger partial charge in [-0.15, -0.1) is 5.10 Å². The number of hydrogen-bond acceptors (Lipinski definition) is 6. The first-order valence-corrected chi connectivity index (χ1v) is 11.0. The number of hydrogen-bond donors (Lipinski definition) is 0. The minimum atomic E-state index is -2.81. The number of anilines is 1. The lowest BCUT2D eigenvalue weighted by molar-refractivity contribution is -0.0498. The number of benzene rings is 2. The molecule has 2 aromatic carbocycles. The summed E-state index contributed by atoms with van der Waals surface area (Å²) in [5.41, 5.74) is 2.68. The van der Waals surface area contributed by atoms with Crippen LogP contribution in [0.5, 0.6) is 5.75 Å². The number of imidazole rings is 1. The first kappa shape index (κ1) is 20.8. The molecule has 3 heterocycles. The Morgan fingerprint density at radius 2 is 1.69 bits per heavy atom. The molecule has 0 bridgehead atoms. The molecule has 1 fully saturated rings. The van der Waals surface area contributed by atoms with Crippen LogP contribution < -0.4 is 9.64 Å². The monoisotopic (exact) mass is 459 g/mol. The van der Waals surface area contributed by atoms with Gasteiger partial charge in [0.1, 0.15) is 11.6 Å². The molecule has 2 aromatic heterocycles. The quantitative estimate of drug-likeness (QED) is 0.424. The van der Waals surface area contributed by atoms with Gasteiger partial charge in [-0.1, -0.05) is 23.5 Å². The SMILES string of the molecule is Fc1ccc(-c2cn3nc(N4CCN(Cc5ccc(OC(F)F)cc5)CC4)sc3n2)cc1. The fraction of sp³-hybridized carbons (Fsp3) is 0.273. The van der Waals surface area contributed by atoms with Crippen LogP contribution in [-0.2, 0) is 6.54 Å². The third-order valence-corrected chi connectivity index (χ3v) is 6.35. The molecule has 6 nitrogen and oxygen atoms in total. The third kappa shape index (κ3) is 4.56. The van der Waals surface area contributed by atoms with E-state index in [2.05, 4.69) is 24.6 Å². The minimum absolute atomic E-state index is 0.171. The molecule has 0 atom stereocenters. The van der Waals surface area contributed by atoms with Crippen molar-refractivity contribution in [2.75, 3.05) is 31.1 Å². The zero-order valence-electron chi connectivity index (χ0n) is 17.0. The Hall–Kier alpha value is -3.11. The van der Waals surface area contributed by atoms with E-state index in [1.54, 1.807) is 28.8 Å². The highest BCUT2D eigenvalue weighted by molar-refractivity contribution is 7.20. The Balaban J connectivity index is 1.18. The van der Waals surface area contributed by atoms with Crippen molar-refractivity contribution >= 4 is 21.4 Å². The van der Waals surface area contributed by atoms with E-state index in [1.807, 2.05) is 18.3 Å². The highest BCUT2D eigenvalue weighted by Crippen LogP contribution is 2.27. The molecule has 0 amide bonds. The predicted octanol–water partition coefficient (Wildman–Crippen LogP) is 4.52. The molecular formula is C22H20F3N5OS. The van der Waals surface area contributed by atoms with Crippen LogP contribution in [0.1, 0.15) is 5.56 Å². The largest absolute Gasteiger partial charge is 0.435 e. The molecule has 0 unspecified atom stereocenters. The molecule has 0 aliphatic carbocycles. The van der Waals surface area contributed by atoms with Gasteiger partial charge < -0.3 is 9.64 Å². The van der Waals surface area contributed by atoms with E-state index in [1.165, 1.54) is 23.5 Å². The Labute approximate surface area is 186 Å². The average molecular weight is 459 g/mol. The molecule has 10 heteroatoms. The van der Waals surface area contributed by atoms with E-state index in [4.69, 9.17) is 0 Å². The Morgan fingerprint density at radius 3 is 2.34 bits per heavy atom. The average Bonchev–Trinajstić information content (AvgIpc) is 3.35. The van der Waals surface area contributed by atoms with Crippen LogP contribution >= 0.6 is 11.3 Å². The summed E-state index contributed by atoms with van der Waals surface area (Å²) in [6.07, 6.45) is 1.86. The van der Waals surface area contributed by atoms with Gasteiger partial charge in [0.05, 0.1) is 11.9 Å². The van der Waals surface area contributed by atoms with Gasteiger partial charge in [0.15, 0.2) is 0 Å². The van der Waals surface area contributed by atoms with Crippen LogP contribution in [0.15, 0.2) is 54.7 Å². The molecule has 0 spiro atoms. The van der Waals surface area contributed by atoms with E-state index in [-0.39, 0.29) is 11.6 Å². The topological polar surface area (TPSA) is 45.9 Å². The van der Waals surface area contributed by atoms with Gasteiger partial charge in [-0.25, -0.2) is 13.9 Å². The number of halogens is 3. The number of nitrogens with zero attached hydrogens (tertiary/aromatic N) is 5. The zero-order valence-corrected chi connectivity index (χ0v) is 17.8. The van der Waals surface area contributed by atoms with Crippen LogP contribution in [0.25, 0.3) is 16.2 Å². The molecule has 0 saturated carbocycles. The molecule has 32 heavy (non-hydrogen) atoms. The fourth-order valence-electron chi connectivity index (χ4n) is 3.71. The maximum atomic E-state index is 13.1. The predicted molar refractivity (Wildman–Crippen MR) is 117 cm³/mol. The Kier molecular flexibility index (Phi) is 5.71. The fourth-order valence-corrected chi connectivity index (χ4v) is 4.64. The van der Waals surface area contributed by atoms with E-state index < -0.39 is 6.61 Å². The maximum Gasteiger partial charge on any atom is 0.387 e. The van der Waals surface area contributed by atoms with Gasteiger partial charge in [-0.3, -0.25) is 4.90 Å². The minimum Gasteiger partial charge on any atom is -0.435 e. The Bertz CT molecular complexity index is 1150. The highest BCUT2D eigenvalue weighted by Gasteiger charge is 2.21. The second kappa shape index (κ2) is 8.79. The standard InChI is InChI=1S/C22H20F3N5OS/c23-17-5-3-16(4-6-17)19-14-30-21(26-19)32-22(27-30)29-11-9-28(10-12-29)13-15-1-7-18(8-2-15)31-20(24)25/h1-8,14,20H,9-13H2. The molecule has 5 rings (SSSR count). The van der Waals surface area contributed by atoms with Gasteiger partial charge in [0.2, 0.25) is 10.1 Å². The molecule has 0 radical (unpaired) electrons. The van der Waals surface area contributed by atoms with Gasteiger partial charge in [0.25, 0.3) is 0 Å². The van der Waals surface area contributed by atoms with Crippen molar-refractivity contribution in [3.05, 3.63) is 66.1 Å². The summed E-state index contributed by atoms with van der Waals surface area (Å²) in [5.74, 6) is -0.1000. The van der Waals surface area contributed by atoms with Crippen LogP contribution in [-0.4, -0.2) is 52.3 Å². The summed E-state index contributed by atoms with van der Waals surface area (Å²) in [4.78, 5) is 9.99. The van der Waals surface area contributed by atoms with Crippen LogP contribution in [0.3, 0.4) is 0 Å². The molecule has 0 N–H and O–H groups in total. The van der Waals surface area contributed by atoms with Crippen molar-refractivity contribution < 1.29 is 17.9 Å². The summed E-state index contributed by atoms with van der Waals surface area (Å²) in [5, 5.41) is 5.60. The Morgan fingerprint density at radius 1 is 0.969 bits per heavy atom. The molecule has 166 valence electrons. The molecule has 1 aliphatic heterocycles. The van der Waals surface area contributed by atoms with Crippen LogP contribution in [0, 0.1) is 5.82 Å². The summed E-state index contributed by atoms with van der Waals surface area (Å²) in [6, 6.07) is 13.0. The van der Waals surface area contributed by atoms with Crippen molar-refractivity contribution in [1.29, 1.82) is 0 Å². The van der Waals surface area contributed by atoms with Gasteiger partial charge >= 0.3 is 6.61 Å². The summed E-state index contributed by atoms with van der Waals surface area (Å²) >= 11 is 1.53. The van der Waals surface area contributed by atoms with Gasteiger partial charge in [-0.05, 0) is 42.0 Å². The molecule has 4 aromatic rings. The maximum absolute atomic E-state index is 13.1. The normalized spacial score (nSPS) is 15.1. The number of fused-ring (bicyclic) bond motifs is 1. The third-order valence-electron chi connectivity index (χ3n) is 5.37. The van der Waals surface area contributed by atoms with E-state index >= 15 is 0 Å². The van der Waals surface area contributed by atoms with Crippen LogP contribution in [0.2, 0.25) is 0 Å². The first-order chi connectivity index (χ1) is 15.5. The van der Waals surface area contributed by atoms with Crippen molar-refractivity contribution in [2.45, 2.75) is 13.2 Å². The highest BCUT2D eigenvalue weighted by atomic mass is 32.1. The van der Waals surface area contributed by atoms with Gasteiger partial charge in [-0.2, -0.15) is 8.78 Å². The molecular weight excluding hydrogens is 439 g/mol. The second-order valence-corrected chi connectivity index (χ2v) is 8.46. The van der Waals surface area contributed by atoms with Crippen molar-refractivity contribution in [3.63, 3.8) is 0 Å². The number of rotatable bonds is 6. The molecule has 1 aliphatic rings. The van der Waals surface area contributed by atoms with E-state index in [0.717, 1.165) is 59.6 Å². The van der Waals surface area contributed by atoms with Crippen molar-refractivity contribution in [3.8, 4) is 17.0 Å². The summed E-state index contributed by atoms with van der Waals surface area (Å²) in [6.45, 7) is 1.38. The number of alkyl halides is 2. The zero-order chi connectivity index (χ0) is 22.1. The van der Waals surface area contributed by atoms with E-state index in [9.17, 15) is 13.2 Å². The lowest BCUT2D eigenvalue weighted by Crippen LogP contribution is -2.46. The van der Waals surface area contributed by atoms with Gasteiger partial charge in [0, 0.05) is 38.3 Å². The molecule has 1 saturated heterocycles. The van der Waals surface area contributed by atoms with Crippen molar-refractivity contribution in [1.82, 2.24) is 19.5 Å². The van der Waals surface area contributed by atoms with Crippen molar-refractivity contribution in [2.24, 2.45) is 0 Å². The lowest BCUT2D eigenvalue weighted by Gasteiger charge is -2.34. The summed E-state index contributed by atoms with van der Waals surface area (Å²) < 4.78 is 43.8. The first-order valence-electron chi connectivity index (χ1n) is 10.2. The van der Waals surface area contributed by atoms with Crippen LogP contribution in [0.4, 0.5) is 18.3 Å². The lowest BCUT2D eigenvalue weighted by atomic mass is 10.2. The van der Waals surface area contributed by atoms with E-state index in [0.29, 0.717) is 0 Å².